The van der Waals surface area contributed by atoms with E-state index in [0.717, 1.165) is 11.1 Å². The van der Waals surface area contributed by atoms with Crippen LogP contribution in [0.2, 0.25) is 10.0 Å². The highest BCUT2D eigenvalue weighted by atomic mass is 35.5. The van der Waals surface area contributed by atoms with Gasteiger partial charge in [0.1, 0.15) is 21.7 Å². The molecule has 5 nitrogen and oxygen atoms in total. The lowest BCUT2D eigenvalue weighted by Crippen LogP contribution is -2.13. The molecule has 0 aliphatic heterocycles. The smallest absolute Gasteiger partial charge is 0.416 e. The molecule has 0 N–H and O–H groups in total. The minimum atomic E-state index is -4.64. The standard InChI is InChI=1S/C17H11Cl4F3N4O/c1-15(6-16(15,20)21)13-9(5-25)14(26-7-29-2)28(27-13)12-10(18)3-8(4-11(12)19)17(22,23)24/h3-4,7H,6H2,1-2H3. The van der Waals surface area contributed by atoms with Gasteiger partial charge in [0, 0.05) is 5.41 Å². The molecular weight excluding hydrogens is 475 g/mol. The monoisotopic (exact) mass is 484 g/mol. The van der Waals surface area contributed by atoms with Crippen molar-refractivity contribution in [2.24, 2.45) is 4.99 Å². The number of aliphatic imine (C=N–C) groups is 1. The van der Waals surface area contributed by atoms with Gasteiger partial charge in [0.25, 0.3) is 0 Å². The van der Waals surface area contributed by atoms with Crippen LogP contribution in [-0.2, 0) is 16.3 Å². The summed E-state index contributed by atoms with van der Waals surface area (Å²) in [5.74, 6) is -0.0369. The van der Waals surface area contributed by atoms with Crippen molar-refractivity contribution in [2.45, 2.75) is 29.3 Å². The van der Waals surface area contributed by atoms with Crippen LogP contribution in [0.1, 0.15) is 30.2 Å². The number of nitriles is 1. The first-order chi connectivity index (χ1) is 13.4. The number of benzene rings is 1. The van der Waals surface area contributed by atoms with E-state index in [1.807, 2.05) is 6.07 Å². The lowest BCUT2D eigenvalue weighted by atomic mass is 10.0. The van der Waals surface area contributed by atoms with Crippen molar-refractivity contribution in [3.05, 3.63) is 39.0 Å². The van der Waals surface area contributed by atoms with Gasteiger partial charge in [0.15, 0.2) is 12.2 Å². The Morgan fingerprint density at radius 3 is 2.28 bits per heavy atom. The SMILES string of the molecule is COC=Nc1c(C#N)c(C2(C)CC2(Cl)Cl)nn1-c1c(Cl)cc(C(F)(F)F)cc1Cl. The maximum atomic E-state index is 13.0. The van der Waals surface area contributed by atoms with Gasteiger partial charge in [-0.1, -0.05) is 30.1 Å². The molecule has 1 aliphatic carbocycles. The number of ether oxygens (including phenoxy) is 1. The van der Waals surface area contributed by atoms with Crippen molar-refractivity contribution >= 4 is 58.6 Å². The number of alkyl halides is 5. The second-order valence-electron chi connectivity index (χ2n) is 6.54. The lowest BCUT2D eigenvalue weighted by Gasteiger charge is -2.13. The molecule has 1 aromatic carbocycles. The minimum absolute atomic E-state index is 0.0241. The van der Waals surface area contributed by atoms with Gasteiger partial charge >= 0.3 is 6.18 Å². The van der Waals surface area contributed by atoms with E-state index >= 15 is 0 Å². The van der Waals surface area contributed by atoms with E-state index < -0.39 is 21.5 Å². The molecule has 0 amide bonds. The number of methoxy groups -OCH3 is 1. The van der Waals surface area contributed by atoms with Crippen molar-refractivity contribution in [2.75, 3.05) is 7.11 Å². The van der Waals surface area contributed by atoms with Crippen molar-refractivity contribution < 1.29 is 17.9 Å². The third kappa shape index (κ3) is 3.66. The summed E-state index contributed by atoms with van der Waals surface area (Å²) < 4.78 is 43.9. The van der Waals surface area contributed by atoms with E-state index in [2.05, 4.69) is 10.1 Å². The molecule has 1 fully saturated rings. The highest BCUT2D eigenvalue weighted by molar-refractivity contribution is 6.52. The fourth-order valence-corrected chi connectivity index (χ4v) is 4.23. The van der Waals surface area contributed by atoms with Gasteiger partial charge in [0.2, 0.25) is 0 Å². The molecule has 0 bridgehead atoms. The van der Waals surface area contributed by atoms with Gasteiger partial charge in [-0.15, -0.1) is 23.2 Å². The van der Waals surface area contributed by atoms with Gasteiger partial charge in [-0.05, 0) is 18.6 Å². The Morgan fingerprint density at radius 1 is 1.31 bits per heavy atom. The van der Waals surface area contributed by atoms with Gasteiger partial charge in [-0.25, -0.2) is 4.68 Å². The van der Waals surface area contributed by atoms with Gasteiger partial charge < -0.3 is 4.74 Å². The molecule has 0 saturated heterocycles. The van der Waals surface area contributed by atoms with E-state index in [-0.39, 0.29) is 32.8 Å². The topological polar surface area (TPSA) is 63.2 Å². The third-order valence-corrected chi connectivity index (χ3v) is 6.27. The number of aromatic nitrogens is 2. The number of nitrogens with zero attached hydrogens (tertiary/aromatic N) is 4. The van der Waals surface area contributed by atoms with Gasteiger partial charge in [-0.2, -0.15) is 28.5 Å². The van der Waals surface area contributed by atoms with E-state index in [4.69, 9.17) is 51.1 Å². The van der Waals surface area contributed by atoms with Crippen LogP contribution in [0.15, 0.2) is 17.1 Å². The Kier molecular flexibility index (Phi) is 5.50. The first kappa shape index (κ1) is 22.0. The maximum absolute atomic E-state index is 13.0. The molecule has 29 heavy (non-hydrogen) atoms. The molecule has 1 aromatic heterocycles. The molecule has 0 spiro atoms. The lowest BCUT2D eigenvalue weighted by molar-refractivity contribution is -0.137. The summed E-state index contributed by atoms with van der Waals surface area (Å²) >= 11 is 24.7. The number of halogens is 7. The van der Waals surface area contributed by atoms with Crippen LogP contribution < -0.4 is 0 Å². The minimum Gasteiger partial charge on any atom is -0.486 e. The van der Waals surface area contributed by atoms with Crippen molar-refractivity contribution in [1.82, 2.24) is 9.78 Å². The second kappa shape index (κ2) is 7.24. The largest absolute Gasteiger partial charge is 0.486 e. The fraction of sp³-hybridized carbons (Fsp3) is 0.353. The summed E-state index contributed by atoms with van der Waals surface area (Å²) in [7, 11) is 1.33. The summed E-state index contributed by atoms with van der Waals surface area (Å²) in [6.07, 6.45) is -3.29. The van der Waals surface area contributed by atoms with E-state index in [0.29, 0.717) is 18.6 Å². The quantitative estimate of drug-likeness (QED) is 0.293. The van der Waals surface area contributed by atoms with Crippen LogP contribution in [0.4, 0.5) is 19.0 Å². The van der Waals surface area contributed by atoms with Crippen LogP contribution in [0.25, 0.3) is 5.69 Å². The Labute approximate surface area is 183 Å². The molecule has 12 heteroatoms. The zero-order valence-corrected chi connectivity index (χ0v) is 17.8. The predicted molar refractivity (Wildman–Crippen MR) is 105 cm³/mol. The Bertz CT molecular complexity index is 1040. The normalized spacial score (nSPS) is 20.7. The average Bonchev–Trinajstić information content (AvgIpc) is 2.96. The van der Waals surface area contributed by atoms with E-state index in [1.165, 1.54) is 7.11 Å². The second-order valence-corrected chi connectivity index (χ2v) is 8.84. The molecule has 1 saturated carbocycles. The summed E-state index contributed by atoms with van der Waals surface area (Å²) in [6, 6.07) is 3.42. The van der Waals surface area contributed by atoms with Gasteiger partial charge in [0.05, 0.1) is 28.4 Å². The summed E-state index contributed by atoms with van der Waals surface area (Å²) in [6.45, 7) is 1.71. The van der Waals surface area contributed by atoms with E-state index in [1.54, 1.807) is 6.92 Å². The highest BCUT2D eigenvalue weighted by Crippen LogP contribution is 2.65. The highest BCUT2D eigenvalue weighted by Gasteiger charge is 2.66. The van der Waals surface area contributed by atoms with Gasteiger partial charge in [-0.3, -0.25) is 0 Å². The van der Waals surface area contributed by atoms with Crippen LogP contribution in [0.5, 0.6) is 0 Å². The molecule has 3 rings (SSSR count). The fourth-order valence-electron chi connectivity index (χ4n) is 2.86. The van der Waals surface area contributed by atoms with Crippen LogP contribution >= 0.6 is 46.4 Å². The predicted octanol–water partition coefficient (Wildman–Crippen LogP) is 6.21. The number of hydrogen-bond acceptors (Lipinski definition) is 4. The molecule has 154 valence electrons. The Balaban J connectivity index is 2.30. The summed E-state index contributed by atoms with van der Waals surface area (Å²) in [5.41, 5.74) is -1.72. The van der Waals surface area contributed by atoms with Crippen LogP contribution in [0, 0.1) is 11.3 Å². The first-order valence-corrected chi connectivity index (χ1v) is 9.42. The van der Waals surface area contributed by atoms with Crippen molar-refractivity contribution in [3.8, 4) is 11.8 Å². The molecule has 2 aromatic rings. The maximum Gasteiger partial charge on any atom is 0.416 e. The molecule has 1 unspecified atom stereocenters. The third-order valence-electron chi connectivity index (χ3n) is 4.59. The van der Waals surface area contributed by atoms with Crippen LogP contribution in [-0.4, -0.2) is 27.6 Å². The number of rotatable bonds is 4. The van der Waals surface area contributed by atoms with Crippen molar-refractivity contribution in [1.29, 1.82) is 5.26 Å². The molecule has 1 heterocycles. The molecule has 1 aliphatic rings. The summed E-state index contributed by atoms with van der Waals surface area (Å²) in [4.78, 5) is 4.04. The zero-order chi connectivity index (χ0) is 21.8. The van der Waals surface area contributed by atoms with Crippen LogP contribution in [0.3, 0.4) is 0 Å². The Hall–Kier alpha value is -1.66. The van der Waals surface area contributed by atoms with Crippen molar-refractivity contribution in [3.63, 3.8) is 0 Å². The average molecular weight is 486 g/mol. The Morgan fingerprint density at radius 2 is 1.86 bits per heavy atom. The molecular formula is C17H11Cl4F3N4O. The molecule has 0 radical (unpaired) electrons. The number of hydrogen-bond donors (Lipinski definition) is 0. The summed E-state index contributed by atoms with van der Waals surface area (Å²) in [5, 5.41) is 13.4. The first-order valence-electron chi connectivity index (χ1n) is 7.90. The zero-order valence-electron chi connectivity index (χ0n) is 14.8. The molecule has 1 atom stereocenters. The van der Waals surface area contributed by atoms with E-state index in [9.17, 15) is 18.4 Å².